The third-order valence-corrected chi connectivity index (χ3v) is 9.11. The average molecular weight is 645 g/mol. The van der Waals surface area contributed by atoms with Crippen LogP contribution in [0.5, 0.6) is 11.5 Å². The first-order valence-corrected chi connectivity index (χ1v) is 15.5. The number of nitrogens with zero attached hydrogens (tertiary/aromatic N) is 2. The predicted molar refractivity (Wildman–Crippen MR) is 169 cm³/mol. The number of nitro groups is 1. The summed E-state index contributed by atoms with van der Waals surface area (Å²) in [4.78, 5) is 41.2. The third-order valence-electron chi connectivity index (χ3n) is 9.11. The molecule has 47 heavy (non-hydrogen) atoms. The number of ether oxygens (including phenoxy) is 1. The van der Waals surface area contributed by atoms with Crippen LogP contribution < -0.4 is 4.74 Å². The number of carbonyl (C=O) groups is 2. The fourth-order valence-electron chi connectivity index (χ4n) is 7.15. The van der Waals surface area contributed by atoms with E-state index >= 15 is 0 Å². The number of allylic oxidation sites excluding steroid dienone is 4. The normalized spacial score (nSPS) is 19.4. The zero-order valence-electron chi connectivity index (χ0n) is 26.6. The SMILES string of the molecule is CC1(C)CC(=O)C2=C(C1)N(Cc1ccccc1)C1=C(C(=O)CC(C)(C)C1)C2c1cccc(Oc2ccc(C(F)(F)F)cc2[N+](=O)[O-])c1. The van der Waals surface area contributed by atoms with E-state index in [1.807, 2.05) is 30.3 Å². The molecule has 0 radical (unpaired) electrons. The molecular formula is C37H35F3N2O5. The number of alkyl halides is 3. The molecule has 3 aromatic rings. The molecule has 7 nitrogen and oxygen atoms in total. The first-order chi connectivity index (χ1) is 22.0. The average Bonchev–Trinajstić information content (AvgIpc) is 2.97. The van der Waals surface area contributed by atoms with Crippen LogP contribution in [0.15, 0.2) is 95.3 Å². The van der Waals surface area contributed by atoms with Crippen LogP contribution in [0.2, 0.25) is 0 Å². The van der Waals surface area contributed by atoms with Gasteiger partial charge in [-0.15, -0.1) is 0 Å². The lowest BCUT2D eigenvalue weighted by molar-refractivity contribution is -0.385. The molecule has 0 spiro atoms. The van der Waals surface area contributed by atoms with Gasteiger partial charge in [-0.25, -0.2) is 0 Å². The molecule has 0 unspecified atom stereocenters. The Bertz CT molecular complexity index is 1800. The molecule has 0 bridgehead atoms. The van der Waals surface area contributed by atoms with Crippen molar-refractivity contribution in [3.8, 4) is 11.5 Å². The number of halogens is 3. The maximum absolute atomic E-state index is 14.1. The van der Waals surface area contributed by atoms with Gasteiger partial charge in [-0.3, -0.25) is 19.7 Å². The van der Waals surface area contributed by atoms with Gasteiger partial charge in [-0.2, -0.15) is 13.2 Å². The number of Topliss-reactive ketones (excluding diaryl/α,β-unsaturated/α-hetero) is 2. The van der Waals surface area contributed by atoms with Crippen LogP contribution >= 0.6 is 0 Å². The van der Waals surface area contributed by atoms with E-state index in [1.165, 1.54) is 6.07 Å². The van der Waals surface area contributed by atoms with E-state index in [2.05, 4.69) is 32.6 Å². The van der Waals surface area contributed by atoms with Gasteiger partial charge in [0.2, 0.25) is 5.75 Å². The van der Waals surface area contributed by atoms with E-state index in [0.29, 0.717) is 55.0 Å². The van der Waals surface area contributed by atoms with Gasteiger partial charge >= 0.3 is 11.9 Å². The smallest absolute Gasteiger partial charge is 0.416 e. The van der Waals surface area contributed by atoms with Crippen molar-refractivity contribution in [2.24, 2.45) is 10.8 Å². The molecule has 0 N–H and O–H groups in total. The molecule has 0 saturated heterocycles. The van der Waals surface area contributed by atoms with E-state index in [-0.39, 0.29) is 33.9 Å². The van der Waals surface area contributed by atoms with Gasteiger partial charge in [0.15, 0.2) is 11.6 Å². The van der Waals surface area contributed by atoms with Gasteiger partial charge in [0, 0.05) is 53.9 Å². The summed E-state index contributed by atoms with van der Waals surface area (Å²) in [5.41, 5.74) is 1.91. The van der Waals surface area contributed by atoms with Crippen LogP contribution in [-0.4, -0.2) is 21.4 Å². The van der Waals surface area contributed by atoms with E-state index in [9.17, 15) is 32.9 Å². The standard InChI is InChI=1S/C37H35F3N2O5/c1-35(2)17-27-33(29(43)19-35)32(34-28(18-36(3,4)20-30(34)44)41(27)21-22-9-6-5-7-10-22)23-11-8-12-25(15-23)47-31-14-13-24(37(38,39)40)16-26(31)42(45)46/h5-16,32H,17-21H2,1-4H3. The quantitative estimate of drug-likeness (QED) is 0.196. The van der Waals surface area contributed by atoms with E-state index in [1.54, 1.807) is 18.2 Å². The van der Waals surface area contributed by atoms with E-state index in [4.69, 9.17) is 4.74 Å². The van der Waals surface area contributed by atoms with Crippen molar-refractivity contribution < 1.29 is 32.4 Å². The van der Waals surface area contributed by atoms with Crippen LogP contribution in [0.25, 0.3) is 0 Å². The summed E-state index contributed by atoms with van der Waals surface area (Å²) in [5.74, 6) is -1.01. The third kappa shape index (κ3) is 6.33. The fourth-order valence-corrected chi connectivity index (χ4v) is 7.15. The second-order valence-electron chi connectivity index (χ2n) is 14.2. The Morgan fingerprint density at radius 3 is 1.98 bits per heavy atom. The van der Waals surface area contributed by atoms with Gasteiger partial charge in [0.1, 0.15) is 5.75 Å². The molecule has 2 aliphatic carbocycles. The zero-order valence-corrected chi connectivity index (χ0v) is 26.6. The van der Waals surface area contributed by atoms with Crippen molar-refractivity contribution in [3.63, 3.8) is 0 Å². The predicted octanol–water partition coefficient (Wildman–Crippen LogP) is 9.29. The topological polar surface area (TPSA) is 89.8 Å². The second-order valence-corrected chi connectivity index (χ2v) is 14.2. The van der Waals surface area contributed by atoms with Gasteiger partial charge < -0.3 is 9.64 Å². The molecule has 0 saturated carbocycles. The van der Waals surface area contributed by atoms with Gasteiger partial charge in [0.25, 0.3) is 0 Å². The Morgan fingerprint density at radius 1 is 0.830 bits per heavy atom. The molecule has 0 amide bonds. The number of benzene rings is 3. The Morgan fingerprint density at radius 2 is 1.43 bits per heavy atom. The minimum atomic E-state index is -4.77. The Kier molecular flexibility index (Phi) is 7.89. The Hall–Kier alpha value is -4.73. The van der Waals surface area contributed by atoms with Gasteiger partial charge in [0.05, 0.1) is 10.5 Å². The Balaban J connectivity index is 1.49. The summed E-state index contributed by atoms with van der Waals surface area (Å²) < 4.78 is 45.7. The number of nitro benzene ring substituents is 1. The van der Waals surface area contributed by atoms with Crippen LogP contribution in [0.4, 0.5) is 18.9 Å². The minimum Gasteiger partial charge on any atom is -0.450 e. The summed E-state index contributed by atoms with van der Waals surface area (Å²) in [6.07, 6.45) is -2.92. The monoisotopic (exact) mass is 644 g/mol. The molecule has 0 fully saturated rings. The van der Waals surface area contributed by atoms with Crippen molar-refractivity contribution in [2.45, 2.75) is 72.0 Å². The molecule has 244 valence electrons. The number of rotatable bonds is 6. The maximum Gasteiger partial charge on any atom is 0.416 e. The highest BCUT2D eigenvalue weighted by atomic mass is 19.4. The first kappa shape index (κ1) is 32.2. The maximum atomic E-state index is 14.1. The molecule has 1 aliphatic heterocycles. The molecule has 1 heterocycles. The number of hydrogen-bond donors (Lipinski definition) is 0. The van der Waals surface area contributed by atoms with Crippen LogP contribution in [-0.2, 0) is 22.3 Å². The molecule has 0 atom stereocenters. The second kappa shape index (κ2) is 11.5. The van der Waals surface area contributed by atoms with Crippen molar-refractivity contribution in [1.29, 1.82) is 0 Å². The summed E-state index contributed by atoms with van der Waals surface area (Å²) in [5, 5.41) is 11.7. The lowest BCUT2D eigenvalue weighted by atomic mass is 9.63. The molecule has 10 heteroatoms. The summed E-state index contributed by atoms with van der Waals surface area (Å²) in [6.45, 7) is 8.76. The van der Waals surface area contributed by atoms with Crippen LogP contribution in [0, 0.1) is 20.9 Å². The lowest BCUT2D eigenvalue weighted by Gasteiger charge is -2.49. The van der Waals surface area contributed by atoms with E-state index < -0.39 is 28.3 Å². The fraction of sp³-hybridized carbons (Fsp3) is 0.351. The number of ketones is 2. The number of carbonyl (C=O) groups excluding carboxylic acids is 2. The highest BCUT2D eigenvalue weighted by molar-refractivity contribution is 6.06. The van der Waals surface area contributed by atoms with Crippen molar-refractivity contribution in [3.05, 3.63) is 122 Å². The van der Waals surface area contributed by atoms with Crippen molar-refractivity contribution >= 4 is 17.3 Å². The van der Waals surface area contributed by atoms with Gasteiger partial charge in [-0.05, 0) is 59.1 Å². The minimum absolute atomic E-state index is 0.0480. The molecule has 6 rings (SSSR count). The molecule has 3 aromatic carbocycles. The largest absolute Gasteiger partial charge is 0.450 e. The zero-order chi connectivity index (χ0) is 33.9. The number of hydrogen-bond acceptors (Lipinski definition) is 6. The van der Waals surface area contributed by atoms with E-state index in [0.717, 1.165) is 29.1 Å². The van der Waals surface area contributed by atoms with Crippen molar-refractivity contribution in [2.75, 3.05) is 0 Å². The van der Waals surface area contributed by atoms with Crippen molar-refractivity contribution in [1.82, 2.24) is 4.90 Å². The highest BCUT2D eigenvalue weighted by Gasteiger charge is 2.49. The Labute approximate surface area is 270 Å². The highest BCUT2D eigenvalue weighted by Crippen LogP contribution is 2.55. The lowest BCUT2D eigenvalue weighted by Crippen LogP contribution is -2.44. The summed E-state index contributed by atoms with van der Waals surface area (Å²) in [7, 11) is 0. The van der Waals surface area contributed by atoms with Crippen LogP contribution in [0.1, 0.15) is 76.0 Å². The summed E-state index contributed by atoms with van der Waals surface area (Å²) in [6, 6.07) is 18.6. The van der Waals surface area contributed by atoms with Gasteiger partial charge in [-0.1, -0.05) is 70.2 Å². The van der Waals surface area contributed by atoms with Crippen LogP contribution in [0.3, 0.4) is 0 Å². The molecule has 3 aliphatic rings. The first-order valence-electron chi connectivity index (χ1n) is 15.5. The summed E-state index contributed by atoms with van der Waals surface area (Å²) >= 11 is 0. The molecular weight excluding hydrogens is 609 g/mol. The molecule has 0 aromatic heterocycles.